The smallest absolute Gasteiger partial charge is 0.260 e. The van der Waals surface area contributed by atoms with Crippen molar-refractivity contribution in [1.29, 1.82) is 0 Å². The Morgan fingerprint density at radius 3 is 1.82 bits per heavy atom. The average Bonchev–Trinajstić information content (AvgIpc) is 3.01. The molecule has 33 heavy (non-hydrogen) atoms. The first-order valence-electron chi connectivity index (χ1n) is 15.4. The Hall–Kier alpha value is -4.24. The zero-order valence-corrected chi connectivity index (χ0v) is 17.1. The van der Waals surface area contributed by atoms with E-state index in [2.05, 4.69) is 0 Å². The molecule has 2 nitrogen and oxygen atoms in total. The minimum atomic E-state index is -0.469. The van der Waals surface area contributed by atoms with Crippen LogP contribution in [0.25, 0.3) is 22.3 Å². The fraction of sp³-hybridized carbons (Fsp3) is 0. The van der Waals surface area contributed by atoms with E-state index in [4.69, 9.17) is 23.2 Å². The van der Waals surface area contributed by atoms with Crippen molar-refractivity contribution in [3.63, 3.8) is 0 Å². The average molecular weight is 432 g/mol. The van der Waals surface area contributed by atoms with Gasteiger partial charge in [-0.2, -0.15) is 0 Å². The summed E-state index contributed by atoms with van der Waals surface area (Å²) in [6.07, 6.45) is 0. The largest absolute Gasteiger partial charge is 0.458 e. The first-order valence-corrected chi connectivity index (χ1v) is 10.4. The normalized spacial score (nSPS) is 16.9. The highest BCUT2D eigenvalue weighted by Crippen LogP contribution is 2.36. The molecular formula is C30H19BO2. The van der Waals surface area contributed by atoms with Gasteiger partial charge in [0, 0.05) is 5.46 Å². The molecule has 0 saturated carbocycles. The van der Waals surface area contributed by atoms with E-state index in [1.54, 1.807) is 48.5 Å². The lowest BCUT2D eigenvalue weighted by Gasteiger charge is -2.33. The number of fused-ring (bicyclic) bond motifs is 4. The summed E-state index contributed by atoms with van der Waals surface area (Å²) in [5, 5.41) is 0. The van der Waals surface area contributed by atoms with Crippen LogP contribution in [0, 0.1) is 0 Å². The van der Waals surface area contributed by atoms with Crippen molar-refractivity contribution < 1.29 is 23.2 Å². The molecule has 0 bridgehead atoms. The van der Waals surface area contributed by atoms with Crippen molar-refractivity contribution in [3.8, 4) is 45.3 Å². The van der Waals surface area contributed by atoms with Gasteiger partial charge in [-0.3, -0.25) is 0 Å². The molecule has 2 heterocycles. The molecule has 0 amide bonds. The minimum Gasteiger partial charge on any atom is -0.458 e. The molecule has 0 saturated heterocycles. The van der Waals surface area contributed by atoms with Crippen molar-refractivity contribution in [1.82, 2.24) is 0 Å². The van der Waals surface area contributed by atoms with E-state index in [1.807, 2.05) is 6.07 Å². The maximum atomic E-state index is 8.48. The second-order valence-corrected chi connectivity index (χ2v) is 7.81. The second kappa shape index (κ2) is 7.14. The molecule has 5 aromatic carbocycles. The van der Waals surface area contributed by atoms with E-state index < -0.39 is 43.0 Å². The summed E-state index contributed by atoms with van der Waals surface area (Å²) < 4.78 is 94.7. The fourth-order valence-electron chi connectivity index (χ4n) is 4.53. The summed E-state index contributed by atoms with van der Waals surface area (Å²) in [5.74, 6) is 2.08. The highest BCUT2D eigenvalue weighted by Gasteiger charge is 2.40. The summed E-state index contributed by atoms with van der Waals surface area (Å²) in [4.78, 5) is 0. The molecule has 2 aliphatic heterocycles. The predicted molar refractivity (Wildman–Crippen MR) is 135 cm³/mol. The van der Waals surface area contributed by atoms with Crippen LogP contribution in [0.4, 0.5) is 0 Å². The second-order valence-electron chi connectivity index (χ2n) is 7.81. The summed E-state index contributed by atoms with van der Waals surface area (Å²) in [6.45, 7) is -0.419. The van der Waals surface area contributed by atoms with Gasteiger partial charge in [0.1, 0.15) is 23.0 Å². The van der Waals surface area contributed by atoms with Crippen molar-refractivity contribution in [3.05, 3.63) is 115 Å². The minimum absolute atomic E-state index is 0.0628. The quantitative estimate of drug-likeness (QED) is 0.324. The van der Waals surface area contributed by atoms with E-state index in [0.717, 1.165) is 10.9 Å². The Kier molecular flexibility index (Phi) is 2.40. The van der Waals surface area contributed by atoms with Gasteiger partial charge in [-0.15, -0.1) is 0 Å². The molecule has 0 unspecified atom stereocenters. The van der Waals surface area contributed by atoms with Crippen LogP contribution >= 0.6 is 0 Å². The van der Waals surface area contributed by atoms with Gasteiger partial charge in [0.25, 0.3) is 6.71 Å². The van der Waals surface area contributed by atoms with E-state index in [9.17, 15) is 0 Å². The molecule has 0 radical (unpaired) electrons. The molecule has 7 rings (SSSR count). The monoisotopic (exact) mass is 432 g/mol. The van der Waals surface area contributed by atoms with Crippen LogP contribution in [0.5, 0.6) is 23.0 Å². The van der Waals surface area contributed by atoms with Crippen LogP contribution in [0.3, 0.4) is 0 Å². The van der Waals surface area contributed by atoms with Crippen LogP contribution in [-0.4, -0.2) is 6.71 Å². The number of ether oxygens (including phenoxy) is 2. The van der Waals surface area contributed by atoms with E-state index in [0.29, 0.717) is 39.6 Å². The number of rotatable bonds is 2. The topological polar surface area (TPSA) is 18.5 Å². The Labute approximate surface area is 207 Å². The Morgan fingerprint density at radius 2 is 1.12 bits per heavy atom. The zero-order valence-electron chi connectivity index (χ0n) is 27.1. The van der Waals surface area contributed by atoms with Crippen LogP contribution in [0.1, 0.15) is 13.7 Å². The Bertz CT molecular complexity index is 2000. The summed E-state index contributed by atoms with van der Waals surface area (Å²) in [5.41, 5.74) is 3.17. The highest BCUT2D eigenvalue weighted by atomic mass is 16.5. The summed E-state index contributed by atoms with van der Waals surface area (Å²) in [6, 6.07) is 11.8. The summed E-state index contributed by atoms with van der Waals surface area (Å²) >= 11 is 0. The maximum absolute atomic E-state index is 8.48. The van der Waals surface area contributed by atoms with Gasteiger partial charge < -0.3 is 9.47 Å². The number of benzene rings is 5. The number of hydrogen-bond donors (Lipinski definition) is 0. The molecule has 0 atom stereocenters. The van der Waals surface area contributed by atoms with Crippen molar-refractivity contribution >= 4 is 23.1 Å². The van der Waals surface area contributed by atoms with Gasteiger partial charge in [-0.05, 0) is 57.4 Å². The van der Waals surface area contributed by atoms with Gasteiger partial charge in [0.2, 0.25) is 0 Å². The van der Waals surface area contributed by atoms with E-state index in [-0.39, 0.29) is 35.3 Å². The molecule has 0 aromatic heterocycles. The summed E-state index contributed by atoms with van der Waals surface area (Å²) in [7, 11) is 0. The van der Waals surface area contributed by atoms with E-state index in [1.165, 1.54) is 0 Å². The van der Waals surface area contributed by atoms with Crippen LogP contribution in [-0.2, 0) is 0 Å². The molecule has 3 heteroatoms. The molecule has 0 fully saturated rings. The van der Waals surface area contributed by atoms with Gasteiger partial charge in [0.05, 0.1) is 13.7 Å². The first kappa shape index (κ1) is 11.1. The predicted octanol–water partition coefficient (Wildman–Crippen LogP) is 5.75. The third-order valence-electron chi connectivity index (χ3n) is 5.98. The molecule has 0 spiro atoms. The Morgan fingerprint density at radius 1 is 0.515 bits per heavy atom. The highest BCUT2D eigenvalue weighted by molar-refractivity contribution is 6.98. The van der Waals surface area contributed by atoms with Gasteiger partial charge in [0.15, 0.2) is 0 Å². The molecule has 5 aromatic rings. The molecule has 0 aliphatic carbocycles. The lowest BCUT2D eigenvalue weighted by atomic mass is 9.34. The zero-order chi connectivity index (χ0) is 30.5. The molecule has 2 aliphatic rings. The fourth-order valence-corrected chi connectivity index (χ4v) is 4.53. The van der Waals surface area contributed by atoms with Crippen LogP contribution < -0.4 is 25.9 Å². The van der Waals surface area contributed by atoms with E-state index >= 15 is 0 Å². The SMILES string of the molecule is [2H]c1c([2H])c([2H])c(-c2ccc3c(c2)Oc2cccc4c2B3c2cc(-c3c([2H])c([2H])c([2H])c([2H])c3[2H])ccc2O4)c([2H])c1[2H]. The van der Waals surface area contributed by atoms with Crippen molar-refractivity contribution in [2.75, 3.05) is 0 Å². The lowest BCUT2D eigenvalue weighted by molar-refractivity contribution is 0.464. The third-order valence-corrected chi connectivity index (χ3v) is 5.98. The first-order chi connectivity index (χ1) is 20.5. The van der Waals surface area contributed by atoms with Gasteiger partial charge in [-0.1, -0.05) is 90.8 Å². The number of hydrogen-bond acceptors (Lipinski definition) is 2. The van der Waals surface area contributed by atoms with Crippen LogP contribution in [0.15, 0.2) is 115 Å². The third kappa shape index (κ3) is 2.90. The van der Waals surface area contributed by atoms with Crippen molar-refractivity contribution in [2.24, 2.45) is 0 Å². The van der Waals surface area contributed by atoms with Gasteiger partial charge >= 0.3 is 0 Å². The van der Waals surface area contributed by atoms with Crippen molar-refractivity contribution in [2.45, 2.75) is 0 Å². The lowest BCUT2D eigenvalue weighted by Crippen LogP contribution is -2.57. The van der Waals surface area contributed by atoms with Crippen LogP contribution in [0.2, 0.25) is 0 Å². The molecular weight excluding hydrogens is 403 g/mol. The maximum Gasteiger partial charge on any atom is 0.260 e. The van der Waals surface area contributed by atoms with Gasteiger partial charge in [-0.25, -0.2) is 0 Å². The standard InChI is InChI=1S/C30H19BO2/c1-3-8-20(9-4-1)22-15-17-26-25(18-22)31-24-16-14-23(21-10-5-2-6-11-21)19-29(24)33-28-13-7-12-27(32-26)30(28)31/h1-19H/i1D,2D,3D,4D,5D,6D,8D,9D,10D,11D. The molecule has 0 N–H and O–H groups in total. The Balaban J connectivity index is 1.44. The molecule has 154 valence electrons.